The molecule has 0 saturated carbocycles. The Hall–Kier alpha value is -0.545. The summed E-state index contributed by atoms with van der Waals surface area (Å²) < 4.78 is 0. The van der Waals surface area contributed by atoms with Gasteiger partial charge in [-0.2, -0.15) is 0 Å². The van der Waals surface area contributed by atoms with Gasteiger partial charge in [-0.1, -0.05) is 44.4 Å². The van der Waals surface area contributed by atoms with Crippen molar-refractivity contribution in [3.63, 3.8) is 0 Å². The lowest BCUT2D eigenvalue weighted by molar-refractivity contribution is 0.725. The van der Waals surface area contributed by atoms with Crippen molar-refractivity contribution in [3.8, 4) is 11.8 Å². The molecule has 2 heteroatoms. The van der Waals surface area contributed by atoms with E-state index in [9.17, 15) is 0 Å². The summed E-state index contributed by atoms with van der Waals surface area (Å²) in [6, 6.07) is 0. The van der Waals surface area contributed by atoms with Gasteiger partial charge in [0, 0.05) is 6.42 Å². The van der Waals surface area contributed by atoms with Crippen molar-refractivity contribution in [1.82, 2.24) is 0 Å². The third-order valence-corrected chi connectivity index (χ3v) is 2.50. The molecule has 0 aromatic heterocycles. The molecule has 0 aliphatic carbocycles. The predicted molar refractivity (Wildman–Crippen MR) is 71.5 cm³/mol. The van der Waals surface area contributed by atoms with Gasteiger partial charge in [0.2, 0.25) is 0 Å². The van der Waals surface area contributed by atoms with Gasteiger partial charge in [0.05, 0.1) is 0 Å². The number of hydrogen-bond acceptors (Lipinski definition) is 1. The molecule has 76 valence electrons. The Labute approximate surface area is 94.7 Å². The first-order chi connectivity index (χ1) is 6.52. The van der Waals surface area contributed by atoms with Crippen LogP contribution in [-0.4, -0.2) is 7.85 Å². The minimum Gasteiger partial charge on any atom is -0.147 e. The molecule has 0 aromatic carbocycles. The zero-order valence-electron chi connectivity index (χ0n) is 9.59. The Morgan fingerprint density at radius 2 is 2.21 bits per heavy atom. The lowest BCUT2D eigenvalue weighted by Gasteiger charge is -2.15. The van der Waals surface area contributed by atoms with Crippen LogP contribution >= 0.6 is 12.6 Å². The van der Waals surface area contributed by atoms with E-state index < -0.39 is 0 Å². The minimum atomic E-state index is 0.279. The molecule has 0 spiro atoms. The van der Waals surface area contributed by atoms with Crippen molar-refractivity contribution < 1.29 is 0 Å². The molecule has 0 aliphatic heterocycles. The van der Waals surface area contributed by atoms with Crippen LogP contribution in [0.1, 0.15) is 33.6 Å². The zero-order valence-corrected chi connectivity index (χ0v) is 10.5. The molecular weight excluding hydrogens is 187 g/mol. The van der Waals surface area contributed by atoms with Crippen molar-refractivity contribution in [2.45, 2.75) is 38.9 Å². The van der Waals surface area contributed by atoms with Gasteiger partial charge >= 0.3 is 0 Å². The average Bonchev–Trinajstić information content (AvgIpc) is 2.14. The van der Waals surface area contributed by atoms with Crippen LogP contribution in [0, 0.1) is 11.8 Å². The molecule has 0 aromatic rings. The van der Waals surface area contributed by atoms with Crippen molar-refractivity contribution in [3.05, 3.63) is 23.1 Å². The summed E-state index contributed by atoms with van der Waals surface area (Å²) in [5.41, 5.74) is 0. The van der Waals surface area contributed by atoms with Crippen LogP contribution in [0.3, 0.4) is 0 Å². The van der Waals surface area contributed by atoms with Gasteiger partial charge in [-0.15, -0.1) is 18.5 Å². The smallest absolute Gasteiger partial charge is 0.114 e. The van der Waals surface area contributed by atoms with Crippen molar-refractivity contribution in [1.29, 1.82) is 0 Å². The largest absolute Gasteiger partial charge is 0.147 e. The lowest BCUT2D eigenvalue weighted by atomic mass is 9.68. The normalized spacial score (nSPS) is 16.1. The third-order valence-electron chi connectivity index (χ3n) is 2.19. The second-order valence-corrected chi connectivity index (χ2v) is 4.54. The molecule has 1 atom stereocenters. The molecule has 0 radical (unpaired) electrons. The first-order valence-corrected chi connectivity index (χ1v) is 5.43. The second-order valence-electron chi connectivity index (χ2n) is 3.96. The summed E-state index contributed by atoms with van der Waals surface area (Å²) in [4.78, 5) is 1.02. The van der Waals surface area contributed by atoms with Crippen LogP contribution in [0.15, 0.2) is 23.1 Å². The van der Waals surface area contributed by atoms with Crippen LogP contribution in [0.5, 0.6) is 0 Å². The van der Waals surface area contributed by atoms with Crippen molar-refractivity contribution in [2.24, 2.45) is 0 Å². The first kappa shape index (κ1) is 13.5. The van der Waals surface area contributed by atoms with Crippen LogP contribution < -0.4 is 0 Å². The molecule has 0 N–H and O–H groups in total. The molecule has 0 fully saturated rings. The molecule has 0 heterocycles. The molecule has 0 aliphatic rings. The van der Waals surface area contributed by atoms with Crippen LogP contribution in [-0.2, 0) is 0 Å². The molecular formula is C12H19BS. The molecule has 1 unspecified atom stereocenters. The first-order valence-electron chi connectivity index (χ1n) is 4.99. The topological polar surface area (TPSA) is 0 Å². The summed E-state index contributed by atoms with van der Waals surface area (Å²) in [5.74, 6) is 5.83. The van der Waals surface area contributed by atoms with Crippen molar-refractivity contribution in [2.75, 3.05) is 0 Å². The summed E-state index contributed by atoms with van der Waals surface area (Å²) in [5, 5.41) is 0.279. The van der Waals surface area contributed by atoms with E-state index in [1.807, 2.05) is 13.0 Å². The van der Waals surface area contributed by atoms with Gasteiger partial charge in [0.15, 0.2) is 0 Å². The summed E-state index contributed by atoms with van der Waals surface area (Å²) in [6.45, 7) is 6.26. The third kappa shape index (κ3) is 6.92. The van der Waals surface area contributed by atoms with E-state index >= 15 is 0 Å². The summed E-state index contributed by atoms with van der Waals surface area (Å²) in [6.07, 6.45) is 8.20. The highest BCUT2D eigenvalue weighted by Crippen LogP contribution is 2.26. The molecule has 0 bridgehead atoms. The number of thiol groups is 1. The maximum atomic E-state index is 4.33. The Morgan fingerprint density at radius 1 is 1.57 bits per heavy atom. The maximum Gasteiger partial charge on any atom is 0.114 e. The average molecular weight is 206 g/mol. The summed E-state index contributed by atoms with van der Waals surface area (Å²) >= 11 is 4.33. The standard InChI is InChI=1S/C12H19BS/c1-4-6-8-11(14)9-7-10-12(3,13)5-2/h7,9-10,14H,5,8,13H2,1-3H3/b10-7-,11-9+. The van der Waals surface area contributed by atoms with Gasteiger partial charge in [-0.05, 0) is 17.1 Å². The molecule has 0 saturated heterocycles. The number of hydrogen-bond donors (Lipinski definition) is 1. The van der Waals surface area contributed by atoms with E-state index in [2.05, 4.69) is 58.3 Å². The predicted octanol–water partition coefficient (Wildman–Crippen LogP) is 2.99. The Balaban J connectivity index is 4.18. The summed E-state index contributed by atoms with van der Waals surface area (Å²) in [7, 11) is 2.22. The van der Waals surface area contributed by atoms with Crippen LogP contribution in [0.2, 0.25) is 5.31 Å². The molecule has 14 heavy (non-hydrogen) atoms. The Morgan fingerprint density at radius 3 is 2.71 bits per heavy atom. The van der Waals surface area contributed by atoms with E-state index in [0.717, 1.165) is 17.7 Å². The van der Waals surface area contributed by atoms with E-state index in [1.165, 1.54) is 0 Å². The molecule has 0 rings (SSSR count). The number of rotatable bonds is 4. The highest BCUT2D eigenvalue weighted by molar-refractivity contribution is 7.84. The van der Waals surface area contributed by atoms with E-state index in [0.29, 0.717) is 0 Å². The van der Waals surface area contributed by atoms with Crippen LogP contribution in [0.25, 0.3) is 0 Å². The lowest BCUT2D eigenvalue weighted by Crippen LogP contribution is -2.00. The van der Waals surface area contributed by atoms with E-state index in [-0.39, 0.29) is 5.31 Å². The van der Waals surface area contributed by atoms with Crippen LogP contribution in [0.4, 0.5) is 0 Å². The number of allylic oxidation sites excluding steroid dienone is 4. The minimum absolute atomic E-state index is 0.279. The van der Waals surface area contributed by atoms with Crippen molar-refractivity contribution >= 4 is 20.5 Å². The molecule has 0 nitrogen and oxygen atoms in total. The Kier molecular flexibility index (Phi) is 6.58. The SMILES string of the molecule is BC(C)(/C=C\C=C(\S)CC#CC)CC. The van der Waals surface area contributed by atoms with Gasteiger partial charge in [-0.3, -0.25) is 0 Å². The van der Waals surface area contributed by atoms with E-state index in [1.54, 1.807) is 0 Å². The highest BCUT2D eigenvalue weighted by Gasteiger charge is 2.08. The maximum absolute atomic E-state index is 4.33. The zero-order chi connectivity index (χ0) is 11.0. The van der Waals surface area contributed by atoms with Gasteiger partial charge in [-0.25, -0.2) is 0 Å². The molecule has 0 amide bonds. The van der Waals surface area contributed by atoms with Gasteiger partial charge < -0.3 is 0 Å². The van der Waals surface area contributed by atoms with Gasteiger partial charge in [0.1, 0.15) is 7.85 Å². The highest BCUT2D eigenvalue weighted by atomic mass is 32.1. The monoisotopic (exact) mass is 206 g/mol. The van der Waals surface area contributed by atoms with Gasteiger partial charge in [0.25, 0.3) is 0 Å². The Bertz CT molecular complexity index is 276. The fraction of sp³-hybridized carbons (Fsp3) is 0.500. The van der Waals surface area contributed by atoms with E-state index in [4.69, 9.17) is 0 Å². The fourth-order valence-corrected chi connectivity index (χ4v) is 0.941. The second kappa shape index (κ2) is 6.84. The fourth-order valence-electron chi connectivity index (χ4n) is 0.775. The quantitative estimate of drug-likeness (QED) is 0.311.